The molecule has 3 nitrogen and oxygen atoms in total. The summed E-state index contributed by atoms with van der Waals surface area (Å²) in [6.07, 6.45) is 42.8. The van der Waals surface area contributed by atoms with Crippen LogP contribution in [0.1, 0.15) is 194 Å². The number of hydrogen-bond donors (Lipinski definition) is 0. The first-order valence-corrected chi connectivity index (χ1v) is 20.9. The second kappa shape index (κ2) is 27.5. The monoisotopic (exact) mass is 661 g/mol. The third-order valence-corrected chi connectivity index (χ3v) is 10.2. The molecule has 0 radical (unpaired) electrons. The molecule has 0 bridgehead atoms. The van der Waals surface area contributed by atoms with Crippen LogP contribution in [-0.2, 0) is 0 Å². The fourth-order valence-electron chi connectivity index (χ4n) is 7.03. The third kappa shape index (κ3) is 17.9. The van der Waals surface area contributed by atoms with Gasteiger partial charge in [0.25, 0.3) is 0 Å². The van der Waals surface area contributed by atoms with Gasteiger partial charge in [-0.05, 0) is 36.4 Å². The van der Waals surface area contributed by atoms with Crippen molar-refractivity contribution in [1.29, 1.82) is 0 Å². The number of pyridine rings is 2. The second-order valence-electron chi connectivity index (χ2n) is 14.6. The first-order chi connectivity index (χ1) is 23.8. The minimum Gasteiger partial charge on any atom is -0.490 e. The van der Waals surface area contributed by atoms with Crippen molar-refractivity contribution in [2.75, 3.05) is 13.2 Å². The van der Waals surface area contributed by atoms with Gasteiger partial charge in [-0.3, -0.25) is 0 Å². The average Bonchev–Trinajstić information content (AvgIpc) is 3.10. The molecule has 0 unspecified atom stereocenters. The number of rotatable bonds is 32. The number of benzene rings is 1. The lowest BCUT2D eigenvalue weighted by Crippen LogP contribution is -2.19. The van der Waals surface area contributed by atoms with Crippen molar-refractivity contribution in [3.8, 4) is 11.5 Å². The number of fused-ring (bicyclic) bond motifs is 2. The van der Waals surface area contributed by atoms with Crippen molar-refractivity contribution in [2.45, 2.75) is 194 Å². The van der Waals surface area contributed by atoms with E-state index >= 15 is 0 Å². The summed E-state index contributed by atoms with van der Waals surface area (Å²) in [7, 11) is 0. The highest BCUT2D eigenvalue weighted by Gasteiger charge is 2.12. The van der Waals surface area contributed by atoms with E-state index in [1.165, 1.54) is 183 Å². The van der Waals surface area contributed by atoms with Gasteiger partial charge in [-0.25, -0.2) is 0 Å². The molecule has 3 heteroatoms. The smallest absolute Gasteiger partial charge is 0.211 e. The zero-order chi connectivity index (χ0) is 33.7. The molecule has 0 saturated carbocycles. The van der Waals surface area contributed by atoms with Crippen LogP contribution in [0, 0.1) is 0 Å². The summed E-state index contributed by atoms with van der Waals surface area (Å²) in [5, 5.41) is 2.40. The van der Waals surface area contributed by atoms with Crippen LogP contribution < -0.4 is 13.9 Å². The molecule has 1 aromatic carbocycles. The van der Waals surface area contributed by atoms with Gasteiger partial charge in [0, 0.05) is 18.2 Å². The lowest BCUT2D eigenvalue weighted by molar-refractivity contribution is -0.510. The molecule has 0 spiro atoms. The molecule has 0 aliphatic rings. The van der Waals surface area contributed by atoms with Crippen LogP contribution in [0.3, 0.4) is 0 Å². The van der Waals surface area contributed by atoms with Crippen LogP contribution in [0.4, 0.5) is 0 Å². The molecule has 0 aliphatic carbocycles. The quantitative estimate of drug-likeness (QED) is 0.0378. The van der Waals surface area contributed by atoms with Crippen molar-refractivity contribution in [1.82, 2.24) is 0 Å². The Bertz CT molecular complexity index is 1100. The average molecular weight is 661 g/mol. The van der Waals surface area contributed by atoms with E-state index in [4.69, 9.17) is 9.47 Å². The number of nitrogens with zero attached hydrogens (tertiary/aromatic N) is 1. The number of ether oxygens (including phenoxy) is 2. The molecule has 2 heterocycles. The van der Waals surface area contributed by atoms with Crippen molar-refractivity contribution < 1.29 is 13.9 Å². The SMILES string of the molecule is CCCCCCCCCCCCCCCCOc1cc2cc3cccc[n+]3cc2cc1OCCCCCCCCCCCCCCCC. The van der Waals surface area contributed by atoms with Crippen LogP contribution in [0.2, 0.25) is 0 Å². The van der Waals surface area contributed by atoms with Crippen molar-refractivity contribution >= 4 is 16.3 Å². The van der Waals surface area contributed by atoms with Crippen LogP contribution in [-0.4, -0.2) is 13.2 Å². The predicted octanol–water partition coefficient (Wildman–Crippen LogP) is 14.3. The van der Waals surface area contributed by atoms with Crippen LogP contribution in [0.25, 0.3) is 16.3 Å². The van der Waals surface area contributed by atoms with Gasteiger partial charge in [0.15, 0.2) is 23.9 Å². The number of unbranched alkanes of at least 4 members (excludes halogenated alkanes) is 26. The first kappa shape index (κ1) is 40.1. The Morgan fingerprint density at radius 3 is 1.21 bits per heavy atom. The van der Waals surface area contributed by atoms with Gasteiger partial charge in [-0.2, -0.15) is 4.40 Å². The van der Waals surface area contributed by atoms with E-state index in [9.17, 15) is 0 Å². The summed E-state index contributed by atoms with van der Waals surface area (Å²) in [6, 6.07) is 13.0. The van der Waals surface area contributed by atoms with Gasteiger partial charge in [0.1, 0.15) is 0 Å². The minimum atomic E-state index is 0.763. The normalized spacial score (nSPS) is 11.5. The van der Waals surface area contributed by atoms with Gasteiger partial charge in [0.05, 0.1) is 18.6 Å². The molecule has 48 heavy (non-hydrogen) atoms. The van der Waals surface area contributed by atoms with E-state index in [0.29, 0.717) is 0 Å². The van der Waals surface area contributed by atoms with Gasteiger partial charge in [-0.1, -0.05) is 181 Å². The summed E-state index contributed by atoms with van der Waals surface area (Å²) >= 11 is 0. The van der Waals surface area contributed by atoms with Gasteiger partial charge < -0.3 is 9.47 Å². The molecule has 0 fully saturated rings. The largest absolute Gasteiger partial charge is 0.490 e. The predicted molar refractivity (Wildman–Crippen MR) is 209 cm³/mol. The summed E-state index contributed by atoms with van der Waals surface area (Å²) in [6.45, 7) is 6.12. The molecule has 0 N–H and O–H groups in total. The fourth-order valence-corrected chi connectivity index (χ4v) is 7.03. The van der Waals surface area contributed by atoms with Crippen molar-refractivity contribution in [3.05, 3.63) is 48.8 Å². The maximum atomic E-state index is 6.41. The van der Waals surface area contributed by atoms with Gasteiger partial charge >= 0.3 is 0 Å². The summed E-state index contributed by atoms with van der Waals surface area (Å²) in [5.41, 5.74) is 1.19. The minimum absolute atomic E-state index is 0.763. The Morgan fingerprint density at radius 1 is 0.417 bits per heavy atom. The molecule has 0 saturated heterocycles. The van der Waals surface area contributed by atoms with E-state index < -0.39 is 0 Å². The van der Waals surface area contributed by atoms with Gasteiger partial charge in [-0.15, -0.1) is 0 Å². The molecule has 0 amide bonds. The maximum absolute atomic E-state index is 6.41. The van der Waals surface area contributed by atoms with Gasteiger partial charge in [0.2, 0.25) is 5.52 Å². The Hall–Kier alpha value is -2.29. The highest BCUT2D eigenvalue weighted by Crippen LogP contribution is 2.33. The van der Waals surface area contributed by atoms with E-state index in [1.807, 2.05) is 0 Å². The summed E-state index contributed by atoms with van der Waals surface area (Å²) in [5.74, 6) is 1.81. The highest BCUT2D eigenvalue weighted by atomic mass is 16.5. The van der Waals surface area contributed by atoms with E-state index in [2.05, 4.69) is 67.0 Å². The van der Waals surface area contributed by atoms with E-state index in [-0.39, 0.29) is 0 Å². The molecule has 3 rings (SSSR count). The second-order valence-corrected chi connectivity index (χ2v) is 14.6. The first-order valence-electron chi connectivity index (χ1n) is 20.9. The fraction of sp³-hybridized carbons (Fsp3) is 0.711. The summed E-state index contributed by atoms with van der Waals surface area (Å²) < 4.78 is 15.0. The molecular weight excluding hydrogens is 587 g/mol. The zero-order valence-corrected chi connectivity index (χ0v) is 31.6. The Morgan fingerprint density at radius 2 is 0.792 bits per heavy atom. The number of hydrogen-bond acceptors (Lipinski definition) is 2. The number of aromatic nitrogens is 1. The van der Waals surface area contributed by atoms with Crippen LogP contribution in [0.5, 0.6) is 11.5 Å². The Kier molecular flexibility index (Phi) is 23.0. The Labute approximate surface area is 296 Å². The van der Waals surface area contributed by atoms with Crippen molar-refractivity contribution in [2.24, 2.45) is 0 Å². The van der Waals surface area contributed by atoms with E-state index in [1.54, 1.807) is 0 Å². The molecule has 3 aromatic rings. The topological polar surface area (TPSA) is 22.6 Å². The Balaban J connectivity index is 1.31. The van der Waals surface area contributed by atoms with Crippen LogP contribution >= 0.6 is 0 Å². The lowest BCUT2D eigenvalue weighted by Gasteiger charge is -2.14. The highest BCUT2D eigenvalue weighted by molar-refractivity contribution is 5.87. The molecule has 2 aromatic heterocycles. The van der Waals surface area contributed by atoms with E-state index in [0.717, 1.165) is 37.6 Å². The zero-order valence-electron chi connectivity index (χ0n) is 31.6. The summed E-state index contributed by atoms with van der Waals surface area (Å²) in [4.78, 5) is 0. The maximum Gasteiger partial charge on any atom is 0.211 e. The lowest BCUT2D eigenvalue weighted by atomic mass is 10.0. The molecule has 0 atom stereocenters. The molecule has 270 valence electrons. The standard InChI is InChI=1S/C45H74NO2/c1-3-5-7-9-11-13-15-17-19-21-23-25-27-31-35-47-44-38-41-37-43-33-29-30-34-46(43)40-42(41)39-45(44)48-36-32-28-26-24-22-20-18-16-14-12-10-8-6-4-2/h29-30,33-34,37-40H,3-28,31-32,35-36H2,1-2H3/q+1. The van der Waals surface area contributed by atoms with Crippen molar-refractivity contribution in [3.63, 3.8) is 0 Å². The molecule has 0 aliphatic heterocycles. The van der Waals surface area contributed by atoms with Crippen LogP contribution in [0.15, 0.2) is 48.8 Å². The molecular formula is C45H74NO2+. The third-order valence-electron chi connectivity index (χ3n) is 10.2.